The summed E-state index contributed by atoms with van der Waals surface area (Å²) in [5.41, 5.74) is 5.37. The zero-order chi connectivity index (χ0) is 22.4. The van der Waals surface area contributed by atoms with Crippen LogP contribution in [0.4, 0.5) is 5.69 Å². The molecule has 0 bridgehead atoms. The Balaban J connectivity index is 1.52. The van der Waals surface area contributed by atoms with Gasteiger partial charge in [-0.25, -0.2) is 4.68 Å². The van der Waals surface area contributed by atoms with Gasteiger partial charge in [0.25, 0.3) is 5.91 Å². The molecule has 7 heteroatoms. The summed E-state index contributed by atoms with van der Waals surface area (Å²) < 4.78 is 13.2. The van der Waals surface area contributed by atoms with Crippen molar-refractivity contribution in [1.29, 1.82) is 0 Å². The molecule has 33 heavy (non-hydrogen) atoms. The lowest BCUT2D eigenvalue weighted by Crippen LogP contribution is -2.15. The van der Waals surface area contributed by atoms with E-state index >= 15 is 0 Å². The minimum absolute atomic E-state index is 0.173. The van der Waals surface area contributed by atoms with Crippen LogP contribution in [0, 0.1) is 0 Å². The standard InChI is InChI=1S/C26H18ClN3O3/c27-18-7-8-22-20(14-18)21(26(31)28-22)12-17-15-30(19-4-2-1-3-5-19)29-25(17)16-6-9-23-24(13-16)33-11-10-32-23/h1-9,12-15H,10-11H2,(H,28,31). The summed E-state index contributed by atoms with van der Waals surface area (Å²) in [6.45, 7) is 1.03. The minimum Gasteiger partial charge on any atom is -0.486 e. The van der Waals surface area contributed by atoms with E-state index in [1.807, 2.05) is 71.6 Å². The zero-order valence-electron chi connectivity index (χ0n) is 17.4. The fourth-order valence-electron chi connectivity index (χ4n) is 4.08. The third kappa shape index (κ3) is 3.54. The number of aromatic nitrogens is 2. The summed E-state index contributed by atoms with van der Waals surface area (Å²) in [4.78, 5) is 12.8. The van der Waals surface area contributed by atoms with Crippen molar-refractivity contribution in [1.82, 2.24) is 9.78 Å². The Labute approximate surface area is 195 Å². The van der Waals surface area contributed by atoms with Gasteiger partial charge in [-0.2, -0.15) is 5.10 Å². The van der Waals surface area contributed by atoms with E-state index in [0.717, 1.165) is 33.8 Å². The summed E-state index contributed by atoms with van der Waals surface area (Å²) in [5, 5.41) is 8.33. The van der Waals surface area contributed by atoms with Crippen molar-refractivity contribution < 1.29 is 14.3 Å². The third-order valence-corrected chi connectivity index (χ3v) is 5.88. The second kappa shape index (κ2) is 7.83. The molecule has 162 valence electrons. The van der Waals surface area contributed by atoms with Crippen molar-refractivity contribution in [3.05, 3.63) is 89.1 Å². The van der Waals surface area contributed by atoms with Gasteiger partial charge in [-0.1, -0.05) is 29.8 Å². The average molecular weight is 456 g/mol. The van der Waals surface area contributed by atoms with E-state index in [-0.39, 0.29) is 5.91 Å². The van der Waals surface area contributed by atoms with Gasteiger partial charge in [0, 0.05) is 39.2 Å². The summed E-state index contributed by atoms with van der Waals surface area (Å²) >= 11 is 6.21. The SMILES string of the molecule is O=C1Nc2ccc(Cl)cc2C1=Cc1cn(-c2ccccc2)nc1-c1ccc2c(c1)OCCO2. The minimum atomic E-state index is -0.173. The Morgan fingerprint density at radius 2 is 1.79 bits per heavy atom. The molecular weight excluding hydrogens is 438 g/mol. The summed E-state index contributed by atoms with van der Waals surface area (Å²) in [6, 6.07) is 21.0. The quantitative estimate of drug-likeness (QED) is 0.417. The second-order valence-electron chi connectivity index (χ2n) is 7.77. The first-order valence-corrected chi connectivity index (χ1v) is 10.9. The van der Waals surface area contributed by atoms with E-state index in [4.69, 9.17) is 26.2 Å². The number of benzene rings is 3. The van der Waals surface area contributed by atoms with Crippen molar-refractivity contribution >= 4 is 34.8 Å². The normalized spacial score (nSPS) is 15.4. The highest BCUT2D eigenvalue weighted by molar-refractivity contribution is 6.36. The number of amides is 1. The molecule has 3 heterocycles. The van der Waals surface area contributed by atoms with Gasteiger partial charge >= 0.3 is 0 Å². The van der Waals surface area contributed by atoms with Crippen LogP contribution in [0.5, 0.6) is 11.5 Å². The maximum absolute atomic E-state index is 12.8. The Kier molecular flexibility index (Phi) is 4.66. The van der Waals surface area contributed by atoms with Crippen molar-refractivity contribution in [3.63, 3.8) is 0 Å². The molecule has 0 spiro atoms. The lowest BCUT2D eigenvalue weighted by molar-refractivity contribution is -0.110. The Bertz CT molecular complexity index is 1430. The van der Waals surface area contributed by atoms with E-state index in [1.165, 1.54) is 0 Å². The summed E-state index contributed by atoms with van der Waals surface area (Å²) in [6.07, 6.45) is 3.78. The van der Waals surface area contributed by atoms with E-state index in [1.54, 1.807) is 12.1 Å². The number of rotatable bonds is 3. The molecule has 0 aliphatic carbocycles. The van der Waals surface area contributed by atoms with Crippen LogP contribution in [0.25, 0.3) is 28.6 Å². The first-order valence-electron chi connectivity index (χ1n) is 10.5. The van der Waals surface area contributed by atoms with Crippen LogP contribution in [0.3, 0.4) is 0 Å². The van der Waals surface area contributed by atoms with E-state index < -0.39 is 0 Å². The van der Waals surface area contributed by atoms with E-state index in [2.05, 4.69) is 5.32 Å². The van der Waals surface area contributed by atoms with Crippen LogP contribution in [0.1, 0.15) is 11.1 Å². The molecule has 1 aromatic heterocycles. The third-order valence-electron chi connectivity index (χ3n) is 5.64. The molecule has 0 radical (unpaired) electrons. The van der Waals surface area contributed by atoms with Crippen LogP contribution in [0.15, 0.2) is 72.9 Å². The maximum Gasteiger partial charge on any atom is 0.256 e. The highest BCUT2D eigenvalue weighted by Gasteiger charge is 2.25. The number of fused-ring (bicyclic) bond motifs is 2. The number of hydrogen-bond acceptors (Lipinski definition) is 4. The zero-order valence-corrected chi connectivity index (χ0v) is 18.2. The molecule has 2 aliphatic heterocycles. The first kappa shape index (κ1) is 19.6. The number of halogens is 1. The highest BCUT2D eigenvalue weighted by atomic mass is 35.5. The van der Waals surface area contributed by atoms with E-state index in [9.17, 15) is 4.79 Å². The molecule has 0 saturated carbocycles. The molecule has 3 aromatic carbocycles. The van der Waals surface area contributed by atoms with Crippen LogP contribution >= 0.6 is 11.6 Å². The van der Waals surface area contributed by atoms with Gasteiger partial charge in [0.1, 0.15) is 18.9 Å². The largest absolute Gasteiger partial charge is 0.486 e. The predicted molar refractivity (Wildman–Crippen MR) is 128 cm³/mol. The van der Waals surface area contributed by atoms with Crippen LogP contribution in [0.2, 0.25) is 5.02 Å². The van der Waals surface area contributed by atoms with Crippen molar-refractivity contribution in [2.75, 3.05) is 18.5 Å². The van der Waals surface area contributed by atoms with Crippen molar-refractivity contribution in [3.8, 4) is 28.4 Å². The van der Waals surface area contributed by atoms with Gasteiger partial charge in [0.15, 0.2) is 11.5 Å². The fourth-order valence-corrected chi connectivity index (χ4v) is 4.25. The Morgan fingerprint density at radius 3 is 2.64 bits per heavy atom. The molecule has 1 N–H and O–H groups in total. The second-order valence-corrected chi connectivity index (χ2v) is 8.21. The number of nitrogens with one attached hydrogen (secondary N) is 1. The molecule has 1 amide bonds. The lowest BCUT2D eigenvalue weighted by atomic mass is 10.0. The van der Waals surface area contributed by atoms with Crippen molar-refractivity contribution in [2.24, 2.45) is 0 Å². The van der Waals surface area contributed by atoms with Gasteiger partial charge in [-0.15, -0.1) is 0 Å². The van der Waals surface area contributed by atoms with Crippen molar-refractivity contribution in [2.45, 2.75) is 0 Å². The number of carbonyl (C=O) groups excluding carboxylic acids is 1. The smallest absolute Gasteiger partial charge is 0.256 e. The number of carbonyl (C=O) groups is 1. The van der Waals surface area contributed by atoms with Gasteiger partial charge < -0.3 is 14.8 Å². The van der Waals surface area contributed by atoms with Gasteiger partial charge in [0.2, 0.25) is 0 Å². The maximum atomic E-state index is 12.8. The molecule has 0 atom stereocenters. The highest BCUT2D eigenvalue weighted by Crippen LogP contribution is 2.38. The molecule has 2 aliphatic rings. The predicted octanol–water partition coefficient (Wildman–Crippen LogP) is 5.46. The number of hydrogen-bond donors (Lipinski definition) is 1. The molecule has 0 unspecified atom stereocenters. The Morgan fingerprint density at radius 1 is 0.970 bits per heavy atom. The fraction of sp³-hybridized carbons (Fsp3) is 0.0769. The molecule has 0 saturated heterocycles. The lowest BCUT2D eigenvalue weighted by Gasteiger charge is -2.18. The Hall–Kier alpha value is -4.03. The van der Waals surface area contributed by atoms with Crippen LogP contribution in [-0.4, -0.2) is 28.9 Å². The van der Waals surface area contributed by atoms with Gasteiger partial charge in [-0.3, -0.25) is 4.79 Å². The van der Waals surface area contributed by atoms with Gasteiger partial charge in [0.05, 0.1) is 5.69 Å². The van der Waals surface area contributed by atoms with Crippen LogP contribution in [-0.2, 0) is 4.79 Å². The molecule has 4 aromatic rings. The topological polar surface area (TPSA) is 65.4 Å². The number of nitrogens with zero attached hydrogens (tertiary/aromatic N) is 2. The summed E-state index contributed by atoms with van der Waals surface area (Å²) in [5.74, 6) is 1.22. The number of ether oxygens (including phenoxy) is 2. The van der Waals surface area contributed by atoms with Crippen LogP contribution < -0.4 is 14.8 Å². The van der Waals surface area contributed by atoms with Gasteiger partial charge in [-0.05, 0) is 54.6 Å². The summed E-state index contributed by atoms with van der Waals surface area (Å²) in [7, 11) is 0. The molecule has 6 nitrogen and oxygen atoms in total. The first-order chi connectivity index (χ1) is 16.2. The molecule has 0 fully saturated rings. The molecule has 6 rings (SSSR count). The number of para-hydroxylation sites is 1. The van der Waals surface area contributed by atoms with E-state index in [0.29, 0.717) is 35.3 Å². The number of anilines is 1. The monoisotopic (exact) mass is 455 g/mol. The average Bonchev–Trinajstić information content (AvgIpc) is 3.40. The molecular formula is C26H18ClN3O3.